The van der Waals surface area contributed by atoms with E-state index >= 15 is 0 Å². The van der Waals surface area contributed by atoms with Gasteiger partial charge in [-0.3, -0.25) is 0 Å². The zero-order valence-electron chi connectivity index (χ0n) is 9.99. The predicted octanol–water partition coefficient (Wildman–Crippen LogP) is 2.12. The summed E-state index contributed by atoms with van der Waals surface area (Å²) in [5.41, 5.74) is 1.70. The minimum atomic E-state index is -3.50. The van der Waals surface area contributed by atoms with Crippen LogP contribution in [0.5, 0.6) is 11.5 Å². The zero-order chi connectivity index (χ0) is 13.1. The molecule has 0 fully saturated rings. The average molecular weight is 279 g/mol. The second-order valence-electron chi connectivity index (χ2n) is 3.63. The Morgan fingerprint density at radius 3 is 2.24 bits per heavy atom. The van der Waals surface area contributed by atoms with Gasteiger partial charge in [0.05, 0.1) is 20.0 Å². The van der Waals surface area contributed by atoms with Gasteiger partial charge in [-0.25, -0.2) is 8.42 Å². The van der Waals surface area contributed by atoms with Crippen molar-refractivity contribution in [2.75, 3.05) is 20.0 Å². The van der Waals surface area contributed by atoms with E-state index in [2.05, 4.69) is 0 Å². The molecule has 1 aromatic rings. The summed E-state index contributed by atoms with van der Waals surface area (Å²) in [6.45, 7) is 1.89. The summed E-state index contributed by atoms with van der Waals surface area (Å²) >= 11 is 0. The summed E-state index contributed by atoms with van der Waals surface area (Å²) in [5.74, 6) is 1.22. The fourth-order valence-electron chi connectivity index (χ4n) is 1.54. The monoisotopic (exact) mass is 278 g/mol. The van der Waals surface area contributed by atoms with Gasteiger partial charge in [0.15, 0.2) is 0 Å². The molecule has 0 radical (unpaired) electrons. The lowest BCUT2D eigenvalue weighted by molar-refractivity contribution is 0.397. The maximum Gasteiger partial charge on any atom is 0.232 e. The molecule has 1 rings (SSSR count). The van der Waals surface area contributed by atoms with Crippen LogP contribution < -0.4 is 9.47 Å². The fraction of sp³-hybridized carbons (Fsp3) is 0.455. The fourth-order valence-corrected chi connectivity index (χ4v) is 2.24. The van der Waals surface area contributed by atoms with E-state index in [1.165, 1.54) is 0 Å². The van der Waals surface area contributed by atoms with Gasteiger partial charge in [-0.05, 0) is 36.6 Å². The Balaban J connectivity index is 3.04. The minimum absolute atomic E-state index is 0.128. The first kappa shape index (κ1) is 14.1. The quantitative estimate of drug-likeness (QED) is 0.774. The van der Waals surface area contributed by atoms with Crippen LogP contribution in [0.25, 0.3) is 0 Å². The lowest BCUT2D eigenvalue weighted by Gasteiger charge is -2.12. The van der Waals surface area contributed by atoms with E-state index in [4.69, 9.17) is 20.2 Å². The average Bonchev–Trinajstić information content (AvgIpc) is 2.25. The molecule has 0 saturated heterocycles. The Morgan fingerprint density at radius 2 is 1.76 bits per heavy atom. The molecule has 0 N–H and O–H groups in total. The molecule has 0 spiro atoms. The number of benzene rings is 1. The van der Waals surface area contributed by atoms with Crippen molar-refractivity contribution >= 4 is 19.7 Å². The molecular weight excluding hydrogens is 264 g/mol. The molecular formula is C11H15ClO4S. The maximum absolute atomic E-state index is 10.9. The smallest absolute Gasteiger partial charge is 0.232 e. The Bertz CT molecular complexity index is 496. The van der Waals surface area contributed by atoms with Crippen LogP contribution in [0.2, 0.25) is 0 Å². The lowest BCUT2D eigenvalue weighted by Crippen LogP contribution is -2.03. The van der Waals surface area contributed by atoms with Crippen LogP contribution in [0.3, 0.4) is 0 Å². The second kappa shape index (κ2) is 5.60. The van der Waals surface area contributed by atoms with Gasteiger partial charge >= 0.3 is 0 Å². The van der Waals surface area contributed by atoms with Gasteiger partial charge in [0.2, 0.25) is 9.05 Å². The van der Waals surface area contributed by atoms with Gasteiger partial charge < -0.3 is 9.47 Å². The van der Waals surface area contributed by atoms with Crippen LogP contribution in [-0.2, 0) is 15.5 Å². The van der Waals surface area contributed by atoms with Crippen molar-refractivity contribution in [2.45, 2.75) is 13.3 Å². The lowest BCUT2D eigenvalue weighted by atomic mass is 10.1. The van der Waals surface area contributed by atoms with Gasteiger partial charge in [-0.1, -0.05) is 0 Å². The van der Waals surface area contributed by atoms with Crippen molar-refractivity contribution in [3.8, 4) is 11.5 Å². The highest BCUT2D eigenvalue weighted by molar-refractivity contribution is 8.13. The van der Waals surface area contributed by atoms with E-state index in [1.54, 1.807) is 20.3 Å². The van der Waals surface area contributed by atoms with E-state index in [-0.39, 0.29) is 5.75 Å². The summed E-state index contributed by atoms with van der Waals surface area (Å²) in [6.07, 6.45) is 0.297. The predicted molar refractivity (Wildman–Crippen MR) is 67.6 cm³/mol. The van der Waals surface area contributed by atoms with Crippen LogP contribution in [0, 0.1) is 6.92 Å². The van der Waals surface area contributed by atoms with Crippen LogP contribution in [0.1, 0.15) is 11.1 Å². The third-order valence-corrected chi connectivity index (χ3v) is 3.57. The molecule has 17 heavy (non-hydrogen) atoms. The van der Waals surface area contributed by atoms with Gasteiger partial charge in [-0.15, -0.1) is 0 Å². The summed E-state index contributed by atoms with van der Waals surface area (Å²) in [7, 11) is 4.79. The van der Waals surface area contributed by atoms with E-state index in [9.17, 15) is 8.42 Å². The summed E-state index contributed by atoms with van der Waals surface area (Å²) < 4.78 is 32.2. The first-order valence-corrected chi connectivity index (χ1v) is 7.49. The molecule has 0 aromatic heterocycles. The van der Waals surface area contributed by atoms with Crippen molar-refractivity contribution < 1.29 is 17.9 Å². The van der Waals surface area contributed by atoms with Crippen LogP contribution >= 0.6 is 10.7 Å². The minimum Gasteiger partial charge on any atom is -0.496 e. The van der Waals surface area contributed by atoms with E-state index in [0.717, 1.165) is 11.1 Å². The maximum atomic E-state index is 10.9. The van der Waals surface area contributed by atoms with Crippen LogP contribution in [0.15, 0.2) is 12.1 Å². The molecule has 0 aliphatic heterocycles. The largest absolute Gasteiger partial charge is 0.496 e. The van der Waals surface area contributed by atoms with Crippen molar-refractivity contribution in [1.82, 2.24) is 0 Å². The topological polar surface area (TPSA) is 52.6 Å². The van der Waals surface area contributed by atoms with Crippen molar-refractivity contribution in [1.29, 1.82) is 0 Å². The van der Waals surface area contributed by atoms with Crippen molar-refractivity contribution in [2.24, 2.45) is 0 Å². The molecule has 0 atom stereocenters. The number of halogens is 1. The molecule has 0 bridgehead atoms. The van der Waals surface area contributed by atoms with E-state index in [1.807, 2.05) is 13.0 Å². The molecule has 0 aliphatic carbocycles. The van der Waals surface area contributed by atoms with Gasteiger partial charge in [0.25, 0.3) is 0 Å². The van der Waals surface area contributed by atoms with Crippen molar-refractivity contribution in [3.63, 3.8) is 0 Å². The van der Waals surface area contributed by atoms with Gasteiger partial charge in [0, 0.05) is 10.7 Å². The first-order valence-electron chi connectivity index (χ1n) is 5.01. The molecule has 0 aliphatic rings. The number of rotatable bonds is 5. The molecule has 0 amide bonds. The number of methoxy groups -OCH3 is 2. The molecule has 4 nitrogen and oxygen atoms in total. The number of aryl methyl sites for hydroxylation is 2. The van der Waals surface area contributed by atoms with Crippen molar-refractivity contribution in [3.05, 3.63) is 23.3 Å². The Kier molecular flexibility index (Phi) is 4.65. The summed E-state index contributed by atoms with van der Waals surface area (Å²) in [6, 6.07) is 3.59. The summed E-state index contributed by atoms with van der Waals surface area (Å²) in [4.78, 5) is 0. The number of ether oxygens (including phenoxy) is 2. The molecule has 6 heteroatoms. The highest BCUT2D eigenvalue weighted by Gasteiger charge is 2.12. The standard InChI is InChI=1S/C11H15ClO4S/c1-8-6-11(16-3)9(7-10(8)15-2)4-5-17(12,13)14/h6-7H,4-5H2,1-3H3. The third-order valence-electron chi connectivity index (χ3n) is 2.41. The Morgan fingerprint density at radius 1 is 1.18 bits per heavy atom. The summed E-state index contributed by atoms with van der Waals surface area (Å²) in [5, 5.41) is 0. The van der Waals surface area contributed by atoms with E-state index in [0.29, 0.717) is 17.9 Å². The molecule has 0 heterocycles. The third kappa shape index (κ3) is 4.09. The Labute approximate surface area is 106 Å². The molecule has 0 saturated carbocycles. The normalized spacial score (nSPS) is 11.3. The molecule has 96 valence electrons. The van der Waals surface area contributed by atoms with E-state index < -0.39 is 9.05 Å². The van der Waals surface area contributed by atoms with Gasteiger partial charge in [0.1, 0.15) is 11.5 Å². The molecule has 0 unspecified atom stereocenters. The Hall–Kier alpha value is -0.940. The molecule has 1 aromatic carbocycles. The highest BCUT2D eigenvalue weighted by Crippen LogP contribution is 2.28. The van der Waals surface area contributed by atoms with Crippen LogP contribution in [-0.4, -0.2) is 28.4 Å². The zero-order valence-corrected chi connectivity index (χ0v) is 11.6. The number of hydrogen-bond acceptors (Lipinski definition) is 4. The SMILES string of the molecule is COc1cc(CCS(=O)(=O)Cl)c(OC)cc1C. The van der Waals surface area contributed by atoms with Crippen LogP contribution in [0.4, 0.5) is 0 Å². The second-order valence-corrected chi connectivity index (χ2v) is 6.52. The number of hydrogen-bond donors (Lipinski definition) is 0. The van der Waals surface area contributed by atoms with Gasteiger partial charge in [-0.2, -0.15) is 0 Å². The highest BCUT2D eigenvalue weighted by atomic mass is 35.7. The first-order chi connectivity index (χ1) is 7.87.